The number of methoxy groups -OCH3 is 1. The van der Waals surface area contributed by atoms with Crippen molar-refractivity contribution in [2.45, 2.75) is 43.5 Å². The van der Waals surface area contributed by atoms with E-state index in [1.807, 2.05) is 67.3 Å². The minimum absolute atomic E-state index is 0.0809. The molecule has 0 saturated heterocycles. The van der Waals surface area contributed by atoms with E-state index >= 15 is 0 Å². The molecule has 2 unspecified atom stereocenters. The Labute approximate surface area is 203 Å². The van der Waals surface area contributed by atoms with Gasteiger partial charge in [-0.2, -0.15) is 0 Å². The van der Waals surface area contributed by atoms with Crippen LogP contribution in [0.15, 0.2) is 71.8 Å². The van der Waals surface area contributed by atoms with Crippen LogP contribution in [0.2, 0.25) is 0 Å². The fourth-order valence-corrected chi connectivity index (χ4v) is 5.61. The number of alkyl halides is 1. The summed E-state index contributed by atoms with van der Waals surface area (Å²) in [4.78, 5) is 16.6. The summed E-state index contributed by atoms with van der Waals surface area (Å²) in [7, 11) is 1.61. The SMILES string of the molecule is CCN(C(C)Br)C(OC)(OC(=O)n1ccc2ccccc21)C(C)(C)CSc1ccccc1. The Morgan fingerprint density at radius 3 is 2.41 bits per heavy atom. The van der Waals surface area contributed by atoms with E-state index in [9.17, 15) is 4.79 Å². The fourth-order valence-electron chi connectivity index (χ4n) is 4.00. The molecule has 0 aliphatic carbocycles. The summed E-state index contributed by atoms with van der Waals surface area (Å²) in [6.07, 6.45) is 1.27. The van der Waals surface area contributed by atoms with Gasteiger partial charge in [-0.25, -0.2) is 9.69 Å². The standard InChI is InChI=1S/C25H31BrN2O3S/c1-6-28(19(2)26)25(30-5,24(3,4)18-32-21-13-8-7-9-14-21)31-23(29)27-17-16-20-12-10-11-15-22(20)27/h7-17,19H,6,18H2,1-5H3. The van der Waals surface area contributed by atoms with Crippen LogP contribution in [0.1, 0.15) is 27.7 Å². The van der Waals surface area contributed by atoms with Crippen LogP contribution in [-0.4, -0.2) is 45.8 Å². The van der Waals surface area contributed by atoms with Gasteiger partial charge in [0.1, 0.15) is 0 Å². The molecule has 0 aliphatic rings. The number of nitrogens with zero attached hydrogens (tertiary/aromatic N) is 2. The third-order valence-electron chi connectivity index (χ3n) is 5.64. The number of aromatic nitrogens is 1. The summed E-state index contributed by atoms with van der Waals surface area (Å²) in [5.41, 5.74) is 0.243. The van der Waals surface area contributed by atoms with Crippen LogP contribution in [0, 0.1) is 5.41 Å². The van der Waals surface area contributed by atoms with Gasteiger partial charge in [-0.05, 0) is 31.2 Å². The molecular weight excluding hydrogens is 488 g/mol. The van der Waals surface area contributed by atoms with Gasteiger partial charge in [0, 0.05) is 35.9 Å². The molecule has 0 radical (unpaired) electrons. The Bertz CT molecular complexity index is 1040. The summed E-state index contributed by atoms with van der Waals surface area (Å²) < 4.78 is 13.9. The van der Waals surface area contributed by atoms with Crippen molar-refractivity contribution in [1.29, 1.82) is 0 Å². The molecule has 5 nitrogen and oxygen atoms in total. The molecule has 0 N–H and O–H groups in total. The van der Waals surface area contributed by atoms with Gasteiger partial charge in [0.25, 0.3) is 5.91 Å². The molecule has 32 heavy (non-hydrogen) atoms. The second-order valence-corrected chi connectivity index (χ2v) is 10.6. The maximum Gasteiger partial charge on any atom is 0.422 e. The molecule has 1 aromatic heterocycles. The number of carbonyl (C=O) groups is 1. The zero-order valence-electron chi connectivity index (χ0n) is 19.2. The van der Waals surface area contributed by atoms with Crippen molar-refractivity contribution >= 4 is 44.7 Å². The van der Waals surface area contributed by atoms with E-state index in [-0.39, 0.29) is 4.95 Å². The molecule has 0 aliphatic heterocycles. The summed E-state index contributed by atoms with van der Waals surface area (Å²) >= 11 is 5.40. The van der Waals surface area contributed by atoms with Crippen molar-refractivity contribution in [3.63, 3.8) is 0 Å². The van der Waals surface area contributed by atoms with Crippen molar-refractivity contribution in [1.82, 2.24) is 9.47 Å². The van der Waals surface area contributed by atoms with Gasteiger partial charge in [0.2, 0.25) is 0 Å². The molecule has 0 fully saturated rings. The number of fused-ring (bicyclic) bond motifs is 1. The third-order valence-corrected chi connectivity index (χ3v) is 7.61. The van der Waals surface area contributed by atoms with Gasteiger partial charge in [0.15, 0.2) is 0 Å². The summed E-state index contributed by atoms with van der Waals surface area (Å²) in [6.45, 7) is 8.82. The number of carbonyl (C=O) groups excluding carboxylic acids is 1. The fraction of sp³-hybridized carbons (Fsp3) is 0.400. The predicted molar refractivity (Wildman–Crippen MR) is 135 cm³/mol. The average Bonchev–Trinajstić information content (AvgIpc) is 3.22. The highest BCUT2D eigenvalue weighted by atomic mass is 79.9. The zero-order valence-corrected chi connectivity index (χ0v) is 21.7. The second-order valence-electron chi connectivity index (χ2n) is 8.24. The van der Waals surface area contributed by atoms with E-state index in [1.165, 1.54) is 4.57 Å². The number of thioether (sulfide) groups is 1. The molecule has 2 atom stereocenters. The summed E-state index contributed by atoms with van der Waals surface area (Å²) in [6, 6.07) is 19.9. The van der Waals surface area contributed by atoms with Crippen molar-refractivity contribution in [3.8, 4) is 0 Å². The molecule has 7 heteroatoms. The summed E-state index contributed by atoms with van der Waals surface area (Å²) in [5, 5.41) is 0.979. The van der Waals surface area contributed by atoms with Crippen LogP contribution in [0.3, 0.4) is 0 Å². The number of benzene rings is 2. The Morgan fingerprint density at radius 2 is 1.78 bits per heavy atom. The van der Waals surface area contributed by atoms with Gasteiger partial charge in [0.05, 0.1) is 15.9 Å². The number of rotatable bonds is 9. The molecule has 2 aromatic carbocycles. The van der Waals surface area contributed by atoms with Crippen LogP contribution < -0.4 is 0 Å². The third kappa shape index (κ3) is 4.91. The molecule has 172 valence electrons. The smallest absolute Gasteiger partial charge is 0.401 e. The lowest BCUT2D eigenvalue weighted by Gasteiger charge is -2.51. The lowest BCUT2D eigenvalue weighted by atomic mass is 9.89. The highest BCUT2D eigenvalue weighted by Crippen LogP contribution is 2.44. The first-order chi connectivity index (χ1) is 15.3. The largest absolute Gasteiger partial charge is 0.422 e. The van der Waals surface area contributed by atoms with E-state index in [2.05, 4.69) is 41.9 Å². The quantitative estimate of drug-likeness (QED) is 0.135. The number of halogens is 1. The maximum atomic E-state index is 13.5. The molecule has 0 spiro atoms. The normalized spacial score (nSPS) is 15.0. The zero-order chi connectivity index (χ0) is 23.4. The predicted octanol–water partition coefficient (Wildman–Crippen LogP) is 6.81. The lowest BCUT2D eigenvalue weighted by Crippen LogP contribution is -2.64. The molecule has 0 amide bonds. The Kier molecular flexibility index (Phi) is 8.09. The Morgan fingerprint density at radius 1 is 1.12 bits per heavy atom. The maximum absolute atomic E-state index is 13.5. The molecule has 3 rings (SSSR count). The molecule has 0 saturated carbocycles. The molecular formula is C25H31BrN2O3S. The van der Waals surface area contributed by atoms with E-state index in [0.717, 1.165) is 15.8 Å². The van der Waals surface area contributed by atoms with Gasteiger partial charge < -0.3 is 9.47 Å². The van der Waals surface area contributed by atoms with E-state index in [4.69, 9.17) is 9.47 Å². The van der Waals surface area contributed by atoms with Crippen molar-refractivity contribution in [3.05, 3.63) is 66.9 Å². The number of para-hydroxylation sites is 1. The first-order valence-corrected chi connectivity index (χ1v) is 12.6. The van der Waals surface area contributed by atoms with Gasteiger partial charge in [-0.3, -0.25) is 4.57 Å². The molecule has 3 aromatic rings. The van der Waals surface area contributed by atoms with Crippen LogP contribution in [0.25, 0.3) is 10.9 Å². The van der Waals surface area contributed by atoms with E-state index in [0.29, 0.717) is 12.3 Å². The van der Waals surface area contributed by atoms with Crippen molar-refractivity contribution in [2.24, 2.45) is 5.41 Å². The average molecular weight is 520 g/mol. The molecule has 1 heterocycles. The first-order valence-electron chi connectivity index (χ1n) is 10.7. The van der Waals surface area contributed by atoms with Crippen LogP contribution >= 0.6 is 27.7 Å². The lowest BCUT2D eigenvalue weighted by molar-refractivity contribution is -0.327. The minimum atomic E-state index is -1.30. The van der Waals surface area contributed by atoms with Crippen LogP contribution in [-0.2, 0) is 9.47 Å². The highest BCUT2D eigenvalue weighted by molar-refractivity contribution is 9.09. The first kappa shape index (κ1) is 24.8. The number of hydrogen-bond donors (Lipinski definition) is 0. The van der Waals surface area contributed by atoms with E-state index in [1.54, 1.807) is 25.1 Å². The Hall–Kier alpha value is -1.80. The van der Waals surface area contributed by atoms with Crippen LogP contribution in [0.5, 0.6) is 0 Å². The highest BCUT2D eigenvalue weighted by Gasteiger charge is 2.55. The van der Waals surface area contributed by atoms with Gasteiger partial charge >= 0.3 is 6.09 Å². The Balaban J connectivity index is 1.98. The number of hydrogen-bond acceptors (Lipinski definition) is 5. The van der Waals surface area contributed by atoms with Crippen LogP contribution in [0.4, 0.5) is 4.79 Å². The topological polar surface area (TPSA) is 43.7 Å². The van der Waals surface area contributed by atoms with Gasteiger partial charge in [-0.1, -0.05) is 73.1 Å². The monoisotopic (exact) mass is 518 g/mol. The van der Waals surface area contributed by atoms with Crippen molar-refractivity contribution in [2.75, 3.05) is 19.4 Å². The molecule has 0 bridgehead atoms. The van der Waals surface area contributed by atoms with E-state index < -0.39 is 17.4 Å². The summed E-state index contributed by atoms with van der Waals surface area (Å²) in [5.74, 6) is -0.615. The van der Waals surface area contributed by atoms with Gasteiger partial charge in [-0.15, -0.1) is 11.8 Å². The number of ether oxygens (including phenoxy) is 2. The van der Waals surface area contributed by atoms with Crippen molar-refractivity contribution < 1.29 is 14.3 Å². The second kappa shape index (κ2) is 10.4. The minimum Gasteiger partial charge on any atom is -0.401 e.